The summed E-state index contributed by atoms with van der Waals surface area (Å²) >= 11 is 0. The SMILES string of the molecule is CCN(c1ccccc1)c1nc(C)cc(C(=O)N(C)C2CCS(=O)(=O)C2)n1. The van der Waals surface area contributed by atoms with E-state index in [0.717, 1.165) is 5.69 Å². The summed E-state index contributed by atoms with van der Waals surface area (Å²) in [6.07, 6.45) is 0.465. The Hall–Kier alpha value is -2.48. The van der Waals surface area contributed by atoms with E-state index in [0.29, 0.717) is 24.6 Å². The number of benzene rings is 1. The van der Waals surface area contributed by atoms with Gasteiger partial charge in [-0.3, -0.25) is 4.79 Å². The lowest BCUT2D eigenvalue weighted by Gasteiger charge is -2.25. The fourth-order valence-corrected chi connectivity index (χ4v) is 5.03. The average Bonchev–Trinajstić information content (AvgIpc) is 3.01. The van der Waals surface area contributed by atoms with E-state index in [1.54, 1.807) is 13.1 Å². The van der Waals surface area contributed by atoms with Gasteiger partial charge >= 0.3 is 0 Å². The maximum absolute atomic E-state index is 12.9. The smallest absolute Gasteiger partial charge is 0.272 e. The van der Waals surface area contributed by atoms with Gasteiger partial charge in [0.25, 0.3) is 5.91 Å². The van der Waals surface area contributed by atoms with Crippen LogP contribution < -0.4 is 4.90 Å². The molecular weight excluding hydrogens is 364 g/mol. The van der Waals surface area contributed by atoms with E-state index in [4.69, 9.17) is 0 Å². The predicted molar refractivity (Wildman–Crippen MR) is 105 cm³/mol. The molecule has 2 aromatic rings. The minimum Gasteiger partial charge on any atom is -0.336 e. The molecule has 0 aliphatic carbocycles. The molecule has 1 aromatic carbocycles. The van der Waals surface area contributed by atoms with Crippen molar-refractivity contribution in [1.82, 2.24) is 14.9 Å². The molecule has 7 nitrogen and oxygen atoms in total. The highest BCUT2D eigenvalue weighted by Gasteiger charge is 2.33. The van der Waals surface area contributed by atoms with Crippen molar-refractivity contribution in [1.29, 1.82) is 0 Å². The number of carbonyl (C=O) groups excluding carboxylic acids is 1. The van der Waals surface area contributed by atoms with Gasteiger partial charge in [0.05, 0.1) is 11.5 Å². The number of hydrogen-bond donors (Lipinski definition) is 0. The third-order valence-electron chi connectivity index (χ3n) is 4.76. The van der Waals surface area contributed by atoms with Crippen LogP contribution in [0.15, 0.2) is 36.4 Å². The molecule has 0 radical (unpaired) electrons. The Morgan fingerprint density at radius 3 is 2.52 bits per heavy atom. The Balaban J connectivity index is 1.90. The lowest BCUT2D eigenvalue weighted by molar-refractivity contribution is 0.0741. The number of aryl methyl sites for hydroxylation is 1. The van der Waals surface area contributed by atoms with Crippen LogP contribution in [-0.4, -0.2) is 60.3 Å². The largest absolute Gasteiger partial charge is 0.336 e. The number of sulfone groups is 1. The van der Waals surface area contributed by atoms with Crippen molar-refractivity contribution < 1.29 is 13.2 Å². The topological polar surface area (TPSA) is 83.5 Å². The van der Waals surface area contributed by atoms with E-state index < -0.39 is 9.84 Å². The zero-order valence-electron chi connectivity index (χ0n) is 15.8. The van der Waals surface area contributed by atoms with Crippen molar-refractivity contribution in [2.75, 3.05) is 30.0 Å². The summed E-state index contributed by atoms with van der Waals surface area (Å²) in [5.74, 6) is 0.311. The van der Waals surface area contributed by atoms with Gasteiger partial charge in [-0.2, -0.15) is 0 Å². The van der Waals surface area contributed by atoms with Gasteiger partial charge in [0.1, 0.15) is 5.69 Å². The van der Waals surface area contributed by atoms with Crippen LogP contribution in [0.25, 0.3) is 0 Å². The summed E-state index contributed by atoms with van der Waals surface area (Å²) < 4.78 is 23.5. The fourth-order valence-electron chi connectivity index (χ4n) is 3.26. The number of carbonyl (C=O) groups is 1. The molecule has 2 heterocycles. The summed E-state index contributed by atoms with van der Waals surface area (Å²) in [5.41, 5.74) is 1.91. The summed E-state index contributed by atoms with van der Waals surface area (Å²) in [4.78, 5) is 25.3. The molecule has 0 saturated carbocycles. The van der Waals surface area contributed by atoms with Gasteiger partial charge in [-0.15, -0.1) is 0 Å². The van der Waals surface area contributed by atoms with E-state index >= 15 is 0 Å². The molecule has 1 saturated heterocycles. The minimum absolute atomic E-state index is 0.0112. The Morgan fingerprint density at radius 2 is 1.93 bits per heavy atom. The molecule has 1 amide bonds. The normalized spacial score (nSPS) is 18.3. The maximum Gasteiger partial charge on any atom is 0.272 e. The van der Waals surface area contributed by atoms with Crippen LogP contribution in [0.1, 0.15) is 29.5 Å². The van der Waals surface area contributed by atoms with Gasteiger partial charge in [-0.25, -0.2) is 18.4 Å². The van der Waals surface area contributed by atoms with E-state index in [1.807, 2.05) is 49.1 Å². The molecular formula is C19H24N4O3S. The maximum atomic E-state index is 12.9. The van der Waals surface area contributed by atoms with Crippen molar-refractivity contribution in [3.63, 3.8) is 0 Å². The predicted octanol–water partition coefficient (Wildman–Crippen LogP) is 2.20. The Kier molecular flexibility index (Phi) is 5.46. The van der Waals surface area contributed by atoms with Crippen LogP contribution in [0.2, 0.25) is 0 Å². The van der Waals surface area contributed by atoms with Gasteiger partial charge in [0.2, 0.25) is 5.95 Å². The van der Waals surface area contributed by atoms with Crippen LogP contribution in [0.4, 0.5) is 11.6 Å². The number of hydrogen-bond acceptors (Lipinski definition) is 6. The van der Waals surface area contributed by atoms with Crippen molar-refractivity contribution in [2.45, 2.75) is 26.3 Å². The van der Waals surface area contributed by atoms with Crippen molar-refractivity contribution in [2.24, 2.45) is 0 Å². The molecule has 1 aliphatic heterocycles. The molecule has 0 N–H and O–H groups in total. The first-order valence-corrected chi connectivity index (χ1v) is 10.8. The van der Waals surface area contributed by atoms with E-state index in [9.17, 15) is 13.2 Å². The molecule has 1 atom stereocenters. The lowest BCUT2D eigenvalue weighted by Crippen LogP contribution is -2.38. The third kappa shape index (κ3) is 4.27. The number of nitrogens with zero attached hydrogens (tertiary/aromatic N) is 4. The zero-order valence-corrected chi connectivity index (χ0v) is 16.6. The van der Waals surface area contributed by atoms with Crippen LogP contribution in [-0.2, 0) is 9.84 Å². The molecule has 0 spiro atoms. The van der Waals surface area contributed by atoms with Crippen LogP contribution in [0.5, 0.6) is 0 Å². The second-order valence-corrected chi connectivity index (χ2v) is 8.98. The summed E-state index contributed by atoms with van der Waals surface area (Å²) in [7, 11) is -1.42. The number of para-hydroxylation sites is 1. The lowest BCUT2D eigenvalue weighted by atomic mass is 10.2. The Morgan fingerprint density at radius 1 is 1.22 bits per heavy atom. The Bertz CT molecular complexity index is 931. The molecule has 144 valence electrons. The molecule has 0 bridgehead atoms. The molecule has 1 unspecified atom stereocenters. The molecule has 27 heavy (non-hydrogen) atoms. The monoisotopic (exact) mass is 388 g/mol. The van der Waals surface area contributed by atoms with Gasteiger partial charge in [-0.05, 0) is 38.5 Å². The number of amides is 1. The van der Waals surface area contributed by atoms with Gasteiger partial charge in [0.15, 0.2) is 9.84 Å². The summed E-state index contributed by atoms with van der Waals surface area (Å²) in [6.45, 7) is 4.47. The van der Waals surface area contributed by atoms with E-state index in [-0.39, 0.29) is 29.1 Å². The summed E-state index contributed by atoms with van der Waals surface area (Å²) in [6, 6.07) is 11.1. The van der Waals surface area contributed by atoms with Crippen LogP contribution in [0, 0.1) is 6.92 Å². The molecule has 1 fully saturated rings. The van der Waals surface area contributed by atoms with Crippen molar-refractivity contribution >= 4 is 27.4 Å². The second kappa shape index (κ2) is 7.64. The number of aromatic nitrogens is 2. The molecule has 1 aliphatic rings. The number of rotatable bonds is 5. The van der Waals surface area contributed by atoms with Crippen LogP contribution in [0.3, 0.4) is 0 Å². The van der Waals surface area contributed by atoms with E-state index in [2.05, 4.69) is 9.97 Å². The quantitative estimate of drug-likeness (QED) is 0.781. The highest BCUT2D eigenvalue weighted by atomic mass is 32.2. The minimum atomic E-state index is -3.06. The van der Waals surface area contributed by atoms with E-state index in [1.165, 1.54) is 4.90 Å². The first-order valence-electron chi connectivity index (χ1n) is 8.96. The average molecular weight is 388 g/mol. The highest BCUT2D eigenvalue weighted by Crippen LogP contribution is 2.23. The number of anilines is 2. The first kappa shape index (κ1) is 19.3. The van der Waals surface area contributed by atoms with Crippen molar-refractivity contribution in [3.8, 4) is 0 Å². The summed E-state index contributed by atoms with van der Waals surface area (Å²) in [5, 5.41) is 0. The van der Waals surface area contributed by atoms with Crippen LogP contribution >= 0.6 is 0 Å². The fraction of sp³-hybridized carbons (Fsp3) is 0.421. The van der Waals surface area contributed by atoms with Gasteiger partial charge in [-0.1, -0.05) is 18.2 Å². The molecule has 3 rings (SSSR count). The first-order chi connectivity index (χ1) is 12.8. The van der Waals surface area contributed by atoms with Gasteiger partial charge in [0, 0.05) is 31.0 Å². The molecule has 1 aromatic heterocycles. The highest BCUT2D eigenvalue weighted by molar-refractivity contribution is 7.91. The third-order valence-corrected chi connectivity index (χ3v) is 6.51. The standard InChI is InChI=1S/C19H24N4O3S/c1-4-23(15-8-6-5-7-9-15)19-20-14(2)12-17(21-19)18(24)22(3)16-10-11-27(25,26)13-16/h5-9,12,16H,4,10-11,13H2,1-3H3. The van der Waals surface area contributed by atoms with Gasteiger partial charge < -0.3 is 9.80 Å². The van der Waals surface area contributed by atoms with Crippen molar-refractivity contribution in [3.05, 3.63) is 47.8 Å². The second-order valence-electron chi connectivity index (χ2n) is 6.75. The Labute approximate surface area is 160 Å². The molecule has 8 heteroatoms. The zero-order chi connectivity index (χ0) is 19.6.